The maximum Gasteiger partial charge on any atom is 0.222 e. The summed E-state index contributed by atoms with van der Waals surface area (Å²) in [6.07, 6.45) is 4.18. The van der Waals surface area contributed by atoms with Crippen LogP contribution in [-0.2, 0) is 17.9 Å². The molecule has 4 rings (SSSR count). The van der Waals surface area contributed by atoms with Crippen LogP contribution in [0.4, 0.5) is 0 Å². The first-order chi connectivity index (χ1) is 16.2. The number of halogens is 1. The molecule has 0 radical (unpaired) electrons. The van der Waals surface area contributed by atoms with E-state index in [0.29, 0.717) is 25.6 Å². The van der Waals surface area contributed by atoms with Crippen molar-refractivity contribution in [1.29, 1.82) is 0 Å². The number of carbonyl (C=O) groups is 1. The Bertz CT molecular complexity index is 930. The second-order valence-corrected chi connectivity index (χ2v) is 8.93. The summed E-state index contributed by atoms with van der Waals surface area (Å²) in [5.41, 5.74) is 3.71. The van der Waals surface area contributed by atoms with Crippen LogP contribution in [0.5, 0.6) is 0 Å². The van der Waals surface area contributed by atoms with Gasteiger partial charge in [0.15, 0.2) is 5.96 Å². The van der Waals surface area contributed by atoms with Crippen LogP contribution in [0.1, 0.15) is 55.3 Å². The highest BCUT2D eigenvalue weighted by Crippen LogP contribution is 2.24. The van der Waals surface area contributed by atoms with Crippen molar-refractivity contribution in [3.8, 4) is 0 Å². The lowest BCUT2D eigenvalue weighted by molar-refractivity contribution is -0.128. The summed E-state index contributed by atoms with van der Waals surface area (Å²) in [5, 5.41) is 7.00. The van der Waals surface area contributed by atoms with E-state index in [4.69, 9.17) is 4.99 Å². The molecule has 1 amide bonds. The predicted octanol–water partition coefficient (Wildman–Crippen LogP) is 4.32. The number of benzene rings is 2. The number of hydrogen-bond acceptors (Lipinski definition) is 3. The molecule has 0 spiro atoms. The smallest absolute Gasteiger partial charge is 0.222 e. The molecule has 0 bridgehead atoms. The molecule has 1 unspecified atom stereocenters. The third-order valence-electron chi connectivity index (χ3n) is 6.63. The van der Waals surface area contributed by atoms with Gasteiger partial charge in [0.2, 0.25) is 5.91 Å². The largest absolute Gasteiger partial charge is 0.357 e. The molecule has 2 heterocycles. The molecule has 0 saturated carbocycles. The molecule has 7 heteroatoms. The van der Waals surface area contributed by atoms with Crippen molar-refractivity contribution in [2.24, 2.45) is 4.99 Å². The number of hydrogen-bond donors (Lipinski definition) is 2. The molecule has 2 saturated heterocycles. The van der Waals surface area contributed by atoms with Crippen LogP contribution in [-0.4, -0.2) is 54.4 Å². The van der Waals surface area contributed by atoms with E-state index >= 15 is 0 Å². The van der Waals surface area contributed by atoms with Crippen molar-refractivity contribution >= 4 is 35.8 Å². The van der Waals surface area contributed by atoms with Crippen molar-refractivity contribution in [2.45, 2.75) is 51.7 Å². The average Bonchev–Trinajstić information content (AvgIpc) is 3.51. The van der Waals surface area contributed by atoms with Gasteiger partial charge < -0.3 is 15.5 Å². The Morgan fingerprint density at radius 3 is 2.32 bits per heavy atom. The van der Waals surface area contributed by atoms with E-state index < -0.39 is 0 Å². The monoisotopic (exact) mass is 575 g/mol. The fourth-order valence-corrected chi connectivity index (χ4v) is 4.83. The number of guanidine groups is 1. The third kappa shape index (κ3) is 7.18. The number of rotatable bonds is 9. The van der Waals surface area contributed by atoms with E-state index in [0.717, 1.165) is 45.1 Å². The van der Waals surface area contributed by atoms with Crippen LogP contribution < -0.4 is 10.6 Å². The predicted molar refractivity (Wildman–Crippen MR) is 149 cm³/mol. The minimum absolute atomic E-state index is 0. The number of aliphatic imine (C=N–C) groups is 1. The molecular formula is C27H38IN5O. The van der Waals surface area contributed by atoms with E-state index in [1.165, 1.54) is 29.5 Å². The quantitative estimate of drug-likeness (QED) is 0.266. The molecule has 6 nitrogen and oxygen atoms in total. The van der Waals surface area contributed by atoms with Gasteiger partial charge in [-0.3, -0.25) is 9.69 Å². The number of amides is 1. The zero-order valence-corrected chi connectivity index (χ0v) is 22.5. The topological polar surface area (TPSA) is 60.0 Å². The molecule has 2 aliphatic rings. The van der Waals surface area contributed by atoms with Crippen LogP contribution in [0, 0.1) is 0 Å². The van der Waals surface area contributed by atoms with Crippen molar-refractivity contribution < 1.29 is 4.79 Å². The van der Waals surface area contributed by atoms with Crippen molar-refractivity contribution in [3.63, 3.8) is 0 Å². The Balaban J connectivity index is 0.00000324. The van der Waals surface area contributed by atoms with Crippen LogP contribution in [0.2, 0.25) is 0 Å². The van der Waals surface area contributed by atoms with E-state index in [2.05, 4.69) is 71.0 Å². The normalized spacial score (nSPS) is 17.5. The number of carbonyl (C=O) groups excluding carboxylic acids is 1. The molecule has 2 aromatic rings. The van der Waals surface area contributed by atoms with Crippen molar-refractivity contribution in [2.75, 3.05) is 32.7 Å². The Morgan fingerprint density at radius 1 is 0.941 bits per heavy atom. The molecule has 0 aromatic heterocycles. The maximum absolute atomic E-state index is 12.1. The van der Waals surface area contributed by atoms with E-state index in [1.54, 1.807) is 0 Å². The lowest BCUT2D eigenvalue weighted by atomic mass is 10.1. The Morgan fingerprint density at radius 2 is 1.65 bits per heavy atom. The van der Waals surface area contributed by atoms with E-state index in [9.17, 15) is 4.79 Å². The molecule has 1 atom stereocenters. The Hall–Kier alpha value is -2.13. The highest BCUT2D eigenvalue weighted by atomic mass is 127. The minimum atomic E-state index is 0. The summed E-state index contributed by atoms with van der Waals surface area (Å²) in [5.74, 6) is 1.10. The van der Waals surface area contributed by atoms with Gasteiger partial charge in [-0.15, -0.1) is 24.0 Å². The second-order valence-electron chi connectivity index (χ2n) is 8.93. The molecule has 2 N–H and O–H groups in total. The highest BCUT2D eigenvalue weighted by Gasteiger charge is 2.24. The third-order valence-corrected chi connectivity index (χ3v) is 6.63. The molecule has 34 heavy (non-hydrogen) atoms. The van der Waals surface area contributed by atoms with Gasteiger partial charge in [-0.2, -0.15) is 0 Å². The first-order valence-corrected chi connectivity index (χ1v) is 12.4. The standard InChI is InChI=1S/C27H37N5O.HI/c1-2-28-27(30-20-25(31-16-8-9-17-31)22-11-4-3-5-12-22)29-19-23-13-6-7-14-24(23)21-32-18-10-15-26(32)33;/h3-7,11-14,25H,2,8-10,15-21H2,1H3,(H2,28,29,30);1H. The lowest BCUT2D eigenvalue weighted by Gasteiger charge is -2.29. The fourth-order valence-electron chi connectivity index (χ4n) is 4.83. The summed E-state index contributed by atoms with van der Waals surface area (Å²) in [7, 11) is 0. The molecule has 0 aliphatic carbocycles. The summed E-state index contributed by atoms with van der Waals surface area (Å²) >= 11 is 0. The minimum Gasteiger partial charge on any atom is -0.357 e. The summed E-state index contributed by atoms with van der Waals surface area (Å²) < 4.78 is 0. The number of likely N-dealkylation sites (tertiary alicyclic amines) is 2. The first kappa shape index (κ1) is 26.5. The van der Waals surface area contributed by atoms with Crippen LogP contribution in [0.3, 0.4) is 0 Å². The van der Waals surface area contributed by atoms with E-state index in [1.807, 2.05) is 11.0 Å². The summed E-state index contributed by atoms with van der Waals surface area (Å²) in [4.78, 5) is 21.5. The van der Waals surface area contributed by atoms with Gasteiger partial charge in [0.25, 0.3) is 0 Å². The Labute approximate surface area is 221 Å². The van der Waals surface area contributed by atoms with Gasteiger partial charge >= 0.3 is 0 Å². The number of nitrogens with one attached hydrogen (secondary N) is 2. The molecule has 2 aromatic carbocycles. The average molecular weight is 576 g/mol. The van der Waals surface area contributed by atoms with Crippen molar-refractivity contribution in [1.82, 2.24) is 20.4 Å². The second kappa shape index (κ2) is 13.7. The molecular weight excluding hydrogens is 537 g/mol. The highest BCUT2D eigenvalue weighted by molar-refractivity contribution is 14.0. The fraction of sp³-hybridized carbons (Fsp3) is 0.481. The van der Waals surface area contributed by atoms with Gasteiger partial charge in [0, 0.05) is 32.6 Å². The van der Waals surface area contributed by atoms with E-state index in [-0.39, 0.29) is 29.9 Å². The number of nitrogens with zero attached hydrogens (tertiary/aromatic N) is 3. The van der Waals surface area contributed by atoms with Gasteiger partial charge in [-0.1, -0.05) is 54.6 Å². The molecule has 184 valence electrons. The van der Waals surface area contributed by atoms with Gasteiger partial charge in [-0.25, -0.2) is 4.99 Å². The molecule has 2 fully saturated rings. The van der Waals surface area contributed by atoms with Crippen molar-refractivity contribution in [3.05, 3.63) is 71.3 Å². The maximum atomic E-state index is 12.1. The zero-order chi connectivity index (χ0) is 22.9. The zero-order valence-electron chi connectivity index (χ0n) is 20.2. The molecule has 2 aliphatic heterocycles. The van der Waals surface area contributed by atoms with Crippen LogP contribution in [0.25, 0.3) is 0 Å². The summed E-state index contributed by atoms with van der Waals surface area (Å²) in [6, 6.07) is 19.5. The SMILES string of the molecule is CCNC(=NCc1ccccc1CN1CCCC1=O)NCC(c1ccccc1)N1CCCC1.I. The Kier molecular flexibility index (Phi) is 10.7. The van der Waals surface area contributed by atoms with Gasteiger partial charge in [0.05, 0.1) is 12.6 Å². The van der Waals surface area contributed by atoms with Gasteiger partial charge in [-0.05, 0) is 56.0 Å². The summed E-state index contributed by atoms with van der Waals surface area (Å²) in [6.45, 7) is 8.16. The van der Waals surface area contributed by atoms with Crippen LogP contribution >= 0.6 is 24.0 Å². The van der Waals surface area contributed by atoms with Crippen LogP contribution in [0.15, 0.2) is 59.6 Å². The lowest BCUT2D eigenvalue weighted by Crippen LogP contribution is -2.42. The first-order valence-electron chi connectivity index (χ1n) is 12.4. The van der Waals surface area contributed by atoms with Gasteiger partial charge in [0.1, 0.15) is 0 Å².